The van der Waals surface area contributed by atoms with Crippen LogP contribution in [0, 0.1) is 0 Å². The van der Waals surface area contributed by atoms with Gasteiger partial charge in [0.05, 0.1) is 6.10 Å². The van der Waals surface area contributed by atoms with Crippen molar-refractivity contribution >= 4 is 11.6 Å². The molecular weight excluding hydrogens is 262 g/mol. The van der Waals surface area contributed by atoms with E-state index >= 15 is 0 Å². The highest BCUT2D eigenvalue weighted by molar-refractivity contribution is 5.91. The molecular formula is C18H21NO2. The van der Waals surface area contributed by atoms with Crippen molar-refractivity contribution in [2.75, 3.05) is 5.32 Å². The van der Waals surface area contributed by atoms with Crippen LogP contribution in [0.4, 0.5) is 5.69 Å². The van der Waals surface area contributed by atoms with E-state index in [0.717, 1.165) is 16.8 Å². The largest absolute Gasteiger partial charge is 0.389 e. The zero-order valence-corrected chi connectivity index (χ0v) is 12.4. The number of rotatable bonds is 5. The molecule has 0 saturated carbocycles. The maximum Gasteiger partial charge on any atom is 0.224 e. The SMILES string of the molecule is CC(O)c1ccc(NC(=O)CC(C)c2ccccc2)cc1. The summed E-state index contributed by atoms with van der Waals surface area (Å²) in [6, 6.07) is 17.3. The van der Waals surface area contributed by atoms with Gasteiger partial charge in [-0.15, -0.1) is 0 Å². The second-order valence-electron chi connectivity index (χ2n) is 5.36. The number of hydrogen-bond acceptors (Lipinski definition) is 2. The molecule has 2 atom stereocenters. The van der Waals surface area contributed by atoms with E-state index in [0.29, 0.717) is 6.42 Å². The molecule has 0 aliphatic carbocycles. The molecule has 0 aromatic heterocycles. The van der Waals surface area contributed by atoms with Crippen molar-refractivity contribution in [1.29, 1.82) is 0 Å². The van der Waals surface area contributed by atoms with Gasteiger partial charge in [0, 0.05) is 12.1 Å². The molecule has 0 saturated heterocycles. The summed E-state index contributed by atoms with van der Waals surface area (Å²) in [4.78, 5) is 12.1. The molecule has 0 heterocycles. The van der Waals surface area contributed by atoms with Crippen molar-refractivity contribution in [3.05, 3.63) is 65.7 Å². The predicted molar refractivity (Wildman–Crippen MR) is 85.2 cm³/mol. The number of carbonyl (C=O) groups is 1. The molecule has 0 aliphatic rings. The first-order valence-corrected chi connectivity index (χ1v) is 7.19. The van der Waals surface area contributed by atoms with Crippen molar-refractivity contribution < 1.29 is 9.90 Å². The highest BCUT2D eigenvalue weighted by Crippen LogP contribution is 2.20. The Morgan fingerprint density at radius 3 is 2.19 bits per heavy atom. The van der Waals surface area contributed by atoms with E-state index in [1.165, 1.54) is 0 Å². The second kappa shape index (κ2) is 7.04. The van der Waals surface area contributed by atoms with Gasteiger partial charge in [0.1, 0.15) is 0 Å². The van der Waals surface area contributed by atoms with Crippen molar-refractivity contribution in [3.8, 4) is 0 Å². The lowest BCUT2D eigenvalue weighted by molar-refractivity contribution is -0.116. The summed E-state index contributed by atoms with van der Waals surface area (Å²) in [6.45, 7) is 3.76. The Morgan fingerprint density at radius 2 is 1.62 bits per heavy atom. The van der Waals surface area contributed by atoms with Gasteiger partial charge in [0.15, 0.2) is 0 Å². The number of anilines is 1. The quantitative estimate of drug-likeness (QED) is 0.875. The van der Waals surface area contributed by atoms with Crippen LogP contribution in [0.2, 0.25) is 0 Å². The van der Waals surface area contributed by atoms with Crippen LogP contribution in [0.15, 0.2) is 54.6 Å². The Balaban J connectivity index is 1.92. The first kappa shape index (κ1) is 15.3. The molecule has 2 rings (SSSR count). The third-order valence-corrected chi connectivity index (χ3v) is 3.54. The number of aliphatic hydroxyl groups is 1. The number of aliphatic hydroxyl groups excluding tert-OH is 1. The standard InChI is InChI=1S/C18H21NO2/c1-13(15-6-4-3-5-7-15)12-18(21)19-17-10-8-16(9-11-17)14(2)20/h3-11,13-14,20H,12H2,1-2H3,(H,19,21). The number of amides is 1. The molecule has 0 aliphatic heterocycles. The minimum Gasteiger partial charge on any atom is -0.389 e. The summed E-state index contributed by atoms with van der Waals surface area (Å²) >= 11 is 0. The average molecular weight is 283 g/mol. The summed E-state index contributed by atoms with van der Waals surface area (Å²) in [5, 5.41) is 12.3. The Kier molecular flexibility index (Phi) is 5.12. The van der Waals surface area contributed by atoms with Gasteiger partial charge < -0.3 is 10.4 Å². The second-order valence-corrected chi connectivity index (χ2v) is 5.36. The van der Waals surface area contributed by atoms with E-state index in [2.05, 4.69) is 5.32 Å². The van der Waals surface area contributed by atoms with Gasteiger partial charge in [0.2, 0.25) is 5.91 Å². The summed E-state index contributed by atoms with van der Waals surface area (Å²) in [6.07, 6.45) is -0.0461. The van der Waals surface area contributed by atoms with Crippen LogP contribution in [-0.4, -0.2) is 11.0 Å². The van der Waals surface area contributed by atoms with Crippen LogP contribution in [-0.2, 0) is 4.79 Å². The van der Waals surface area contributed by atoms with Gasteiger partial charge >= 0.3 is 0 Å². The molecule has 2 N–H and O–H groups in total. The lowest BCUT2D eigenvalue weighted by Crippen LogP contribution is -2.14. The molecule has 3 nitrogen and oxygen atoms in total. The van der Waals surface area contributed by atoms with E-state index in [4.69, 9.17) is 0 Å². The molecule has 3 heteroatoms. The van der Waals surface area contributed by atoms with Gasteiger partial charge in [0.25, 0.3) is 0 Å². The molecule has 0 fully saturated rings. The molecule has 110 valence electrons. The van der Waals surface area contributed by atoms with Crippen molar-refractivity contribution in [2.24, 2.45) is 0 Å². The Hall–Kier alpha value is -2.13. The predicted octanol–water partition coefficient (Wildman–Crippen LogP) is 3.87. The van der Waals surface area contributed by atoms with Crippen molar-refractivity contribution in [1.82, 2.24) is 0 Å². The fraction of sp³-hybridized carbons (Fsp3) is 0.278. The minimum atomic E-state index is -0.493. The number of carbonyl (C=O) groups excluding carboxylic acids is 1. The minimum absolute atomic E-state index is 0.00356. The number of benzene rings is 2. The maximum absolute atomic E-state index is 12.1. The van der Waals surface area contributed by atoms with E-state index in [-0.39, 0.29) is 11.8 Å². The summed E-state index contributed by atoms with van der Waals surface area (Å²) in [5.41, 5.74) is 2.76. The van der Waals surface area contributed by atoms with E-state index in [9.17, 15) is 9.90 Å². The Labute approximate surface area is 125 Å². The monoisotopic (exact) mass is 283 g/mol. The summed E-state index contributed by atoms with van der Waals surface area (Å²) in [5.74, 6) is 0.180. The van der Waals surface area contributed by atoms with Gasteiger partial charge in [-0.05, 0) is 36.1 Å². The Morgan fingerprint density at radius 1 is 1.00 bits per heavy atom. The van der Waals surface area contributed by atoms with Crippen LogP contribution < -0.4 is 5.32 Å². The number of nitrogens with one attached hydrogen (secondary N) is 1. The van der Waals surface area contributed by atoms with Crippen LogP contribution in [0.3, 0.4) is 0 Å². The molecule has 2 unspecified atom stereocenters. The lowest BCUT2D eigenvalue weighted by atomic mass is 9.97. The van der Waals surface area contributed by atoms with E-state index in [1.54, 1.807) is 6.92 Å². The van der Waals surface area contributed by atoms with Crippen molar-refractivity contribution in [2.45, 2.75) is 32.3 Å². The zero-order valence-electron chi connectivity index (χ0n) is 12.4. The molecule has 0 spiro atoms. The fourth-order valence-electron chi connectivity index (χ4n) is 2.23. The lowest BCUT2D eigenvalue weighted by Gasteiger charge is -2.12. The smallest absolute Gasteiger partial charge is 0.224 e. The summed E-state index contributed by atoms with van der Waals surface area (Å²) in [7, 11) is 0. The highest BCUT2D eigenvalue weighted by Gasteiger charge is 2.11. The van der Waals surface area contributed by atoms with Crippen LogP contribution in [0.25, 0.3) is 0 Å². The van der Waals surface area contributed by atoms with Crippen LogP contribution >= 0.6 is 0 Å². The molecule has 1 amide bonds. The van der Waals surface area contributed by atoms with Gasteiger partial charge in [-0.25, -0.2) is 0 Å². The normalized spacial score (nSPS) is 13.5. The highest BCUT2D eigenvalue weighted by atomic mass is 16.3. The molecule has 2 aromatic carbocycles. The van der Waals surface area contributed by atoms with Gasteiger partial charge in [-0.2, -0.15) is 0 Å². The zero-order chi connectivity index (χ0) is 15.2. The third kappa shape index (κ3) is 4.43. The van der Waals surface area contributed by atoms with Crippen molar-refractivity contribution in [3.63, 3.8) is 0 Å². The Bertz CT molecular complexity index is 576. The average Bonchev–Trinajstić information content (AvgIpc) is 2.48. The molecule has 21 heavy (non-hydrogen) atoms. The van der Waals surface area contributed by atoms with E-state index in [1.807, 2.05) is 61.5 Å². The van der Waals surface area contributed by atoms with E-state index < -0.39 is 6.10 Å². The molecule has 2 aromatic rings. The van der Waals surface area contributed by atoms with Gasteiger partial charge in [-0.1, -0.05) is 49.4 Å². The number of hydrogen-bond donors (Lipinski definition) is 2. The topological polar surface area (TPSA) is 49.3 Å². The van der Waals surface area contributed by atoms with Crippen LogP contribution in [0.5, 0.6) is 0 Å². The fourth-order valence-corrected chi connectivity index (χ4v) is 2.23. The van der Waals surface area contributed by atoms with Gasteiger partial charge in [-0.3, -0.25) is 4.79 Å². The molecule has 0 bridgehead atoms. The molecule has 0 radical (unpaired) electrons. The maximum atomic E-state index is 12.1. The summed E-state index contributed by atoms with van der Waals surface area (Å²) < 4.78 is 0. The first-order valence-electron chi connectivity index (χ1n) is 7.19. The third-order valence-electron chi connectivity index (χ3n) is 3.54. The van der Waals surface area contributed by atoms with Crippen LogP contribution in [0.1, 0.15) is 43.4 Å². The first-order chi connectivity index (χ1) is 10.1.